The molecule has 2 aromatic heterocycles. The number of cyclic esters (lactones) is 1. The molecule has 2 aromatic carbocycles. The second-order valence-electron chi connectivity index (χ2n) is 22.4. The number of hydrogen-bond acceptors (Lipinski definition) is 14. The SMILES string of the molecule is C=Cc1cc2cc([C@@H](C)OC(=O)[C@@H]3CCCN(C(=O)[C@H](C)NC(=O)[C@@H](CC(=O)C(C)/C=C/C)C(C)C)N3)ccc2cn1.CC1/C=C/c2cc3cc(ccc3cn2)[C@@H](C)OC(=O)[C@@H]2CCCN(N2)C(=O)[C@H](C)NC(=O)[C@H](C(C)C)CC1=O. The van der Waals surface area contributed by atoms with Crippen molar-refractivity contribution in [3.63, 3.8) is 0 Å². The molecule has 2 fully saturated rings. The zero-order valence-electron chi connectivity index (χ0n) is 48.8. The minimum Gasteiger partial charge on any atom is -0.457 e. The number of carbonyl (C=O) groups excluding carboxylic acids is 8. The van der Waals surface area contributed by atoms with E-state index in [0.717, 1.165) is 38.4 Å². The molecular formula is C63H82N8O10. The van der Waals surface area contributed by atoms with Crippen LogP contribution in [0.1, 0.15) is 149 Å². The number of ketones is 2. The Morgan fingerprint density at radius 2 is 1.54 bits per heavy atom. The van der Waals surface area contributed by atoms with E-state index in [0.29, 0.717) is 44.5 Å². The summed E-state index contributed by atoms with van der Waals surface area (Å²) in [6.07, 6.45) is 13.9. The second-order valence-corrected chi connectivity index (χ2v) is 22.4. The molecule has 4 N–H and O–H groups in total. The maximum Gasteiger partial charge on any atom is 0.325 e. The Bertz CT molecular complexity index is 3030. The summed E-state index contributed by atoms with van der Waals surface area (Å²) in [5, 5.41) is 12.2. The molecule has 4 aromatic rings. The van der Waals surface area contributed by atoms with E-state index in [2.05, 4.69) is 38.0 Å². The molecule has 434 valence electrons. The maximum atomic E-state index is 13.2. The maximum absolute atomic E-state index is 13.2. The lowest BCUT2D eigenvalue weighted by Gasteiger charge is -2.35. The van der Waals surface area contributed by atoms with Crippen LogP contribution in [0.5, 0.6) is 0 Å². The molecule has 5 heterocycles. The van der Waals surface area contributed by atoms with Crippen molar-refractivity contribution in [1.82, 2.24) is 41.5 Å². The monoisotopic (exact) mass is 1110 g/mol. The molecule has 0 aliphatic carbocycles. The summed E-state index contributed by atoms with van der Waals surface area (Å²) in [6.45, 7) is 24.5. The Kier molecular flexibility index (Phi) is 22.3. The standard InChI is InChI=1S/C33H44N4O5.C30H38N4O5/c1-8-11-21(5)30(38)18-28(20(3)4)31(39)35-22(6)32(40)37-15-10-12-29(36-37)33(41)42-23(7)24-13-14-25-19-34-27(9-2)17-26(25)16-24;1-17(2)25-15-27(35)18(3)8-11-24-14-23-13-21(9-10-22(23)16-31-24)20(5)39-30(38)26-7-6-12-34(33-26)29(37)19(4)32-28(25)36/h8-9,11,13-14,16-17,19-23,28-29,36H,2,10,12,15,18H2,1,3-7H3,(H,35,39);8-11,13-14,16-20,25-26,33H,6-7,12,15H2,1-5H3,(H,32,36)/b2*11-8+/t21?,22-,23+,28-,29-;18?,19-,20+,25-,26-/m00/s1. The van der Waals surface area contributed by atoms with Crippen LogP contribution in [0.15, 0.2) is 85.7 Å². The number of carbonyl (C=O) groups is 8. The van der Waals surface area contributed by atoms with E-state index in [1.165, 1.54) is 10.0 Å². The third-order valence-corrected chi connectivity index (χ3v) is 15.4. The van der Waals surface area contributed by atoms with Gasteiger partial charge in [0.15, 0.2) is 0 Å². The molecule has 18 nitrogen and oxygen atoms in total. The first-order valence-electron chi connectivity index (χ1n) is 28.4. The van der Waals surface area contributed by atoms with E-state index < -0.39 is 66.1 Å². The number of hydrogen-bond donors (Lipinski definition) is 4. The van der Waals surface area contributed by atoms with Crippen molar-refractivity contribution in [3.8, 4) is 0 Å². The van der Waals surface area contributed by atoms with E-state index >= 15 is 0 Å². The molecule has 2 saturated heterocycles. The van der Waals surface area contributed by atoms with Gasteiger partial charge in [-0.2, -0.15) is 0 Å². The highest BCUT2D eigenvalue weighted by Crippen LogP contribution is 2.28. The Morgan fingerprint density at radius 3 is 2.23 bits per heavy atom. The summed E-state index contributed by atoms with van der Waals surface area (Å²) >= 11 is 0. The molecule has 3 aliphatic rings. The van der Waals surface area contributed by atoms with E-state index in [1.807, 2.05) is 129 Å². The molecule has 81 heavy (non-hydrogen) atoms. The lowest BCUT2D eigenvalue weighted by molar-refractivity contribution is -0.158. The molecule has 5 bridgehead atoms. The predicted molar refractivity (Wildman–Crippen MR) is 312 cm³/mol. The first-order chi connectivity index (χ1) is 38.5. The fraction of sp³-hybridized carbons (Fsp3) is 0.492. The van der Waals surface area contributed by atoms with Crippen molar-refractivity contribution < 1.29 is 47.8 Å². The molecular weight excluding hydrogens is 1030 g/mol. The molecule has 2 unspecified atom stereocenters. The van der Waals surface area contributed by atoms with Crippen molar-refractivity contribution in [1.29, 1.82) is 0 Å². The first-order valence-corrected chi connectivity index (χ1v) is 28.4. The third-order valence-electron chi connectivity index (χ3n) is 15.4. The first kappa shape index (κ1) is 62.8. The van der Waals surface area contributed by atoms with Crippen molar-refractivity contribution in [3.05, 3.63) is 108 Å². The van der Waals surface area contributed by atoms with Crippen LogP contribution in [0.3, 0.4) is 0 Å². The molecule has 7 rings (SSSR count). The highest BCUT2D eigenvalue weighted by atomic mass is 16.5. The molecule has 3 aliphatic heterocycles. The number of fused-ring (bicyclic) bond motifs is 5. The van der Waals surface area contributed by atoms with E-state index in [-0.39, 0.29) is 65.8 Å². The van der Waals surface area contributed by atoms with Gasteiger partial charge in [-0.1, -0.05) is 90.6 Å². The summed E-state index contributed by atoms with van der Waals surface area (Å²) in [4.78, 5) is 113. The van der Waals surface area contributed by atoms with Gasteiger partial charge in [-0.25, -0.2) is 10.9 Å². The van der Waals surface area contributed by atoms with E-state index in [4.69, 9.17) is 9.47 Å². The van der Waals surface area contributed by atoms with E-state index in [1.54, 1.807) is 38.4 Å². The number of pyridine rings is 2. The van der Waals surface area contributed by atoms with Crippen LogP contribution >= 0.6 is 0 Å². The lowest BCUT2D eigenvalue weighted by atomic mass is 9.86. The average molecular weight is 1110 g/mol. The number of esters is 2. The molecule has 10 atom stereocenters. The Morgan fingerprint density at radius 1 is 0.852 bits per heavy atom. The minimum absolute atomic E-state index is 0.0172. The molecule has 18 heteroatoms. The van der Waals surface area contributed by atoms with Crippen LogP contribution in [-0.2, 0) is 47.8 Å². The van der Waals surface area contributed by atoms with E-state index in [9.17, 15) is 38.4 Å². The van der Waals surface area contributed by atoms with Crippen molar-refractivity contribution in [2.24, 2.45) is 35.5 Å². The largest absolute Gasteiger partial charge is 0.457 e. The summed E-state index contributed by atoms with van der Waals surface area (Å²) < 4.78 is 11.6. The van der Waals surface area contributed by atoms with Crippen LogP contribution in [-0.4, -0.2) is 104 Å². The van der Waals surface area contributed by atoms with Crippen molar-refractivity contribution in [2.75, 3.05) is 13.1 Å². The Hall–Kier alpha value is -7.44. The topological polar surface area (TPSA) is 235 Å². The fourth-order valence-electron chi connectivity index (χ4n) is 9.99. The number of amides is 4. The number of ether oxygens (including phenoxy) is 2. The van der Waals surface area contributed by atoms with Gasteiger partial charge in [-0.15, -0.1) is 0 Å². The predicted octanol–water partition coefficient (Wildman–Crippen LogP) is 8.66. The number of Topliss-reactive ketones (excluding diaryl/α,β-unsaturated/α-hetero) is 2. The van der Waals surface area contributed by atoms with Crippen LogP contribution in [0.2, 0.25) is 0 Å². The number of hydrazine groups is 2. The number of allylic oxidation sites excluding steroid dienone is 3. The number of benzene rings is 2. The summed E-state index contributed by atoms with van der Waals surface area (Å²) in [6, 6.07) is 12.5. The number of aromatic nitrogens is 2. The summed E-state index contributed by atoms with van der Waals surface area (Å²) in [5.41, 5.74) is 9.14. The van der Waals surface area contributed by atoms with Gasteiger partial charge in [0.1, 0.15) is 47.9 Å². The zero-order valence-corrected chi connectivity index (χ0v) is 48.8. The number of nitrogens with zero attached hydrogens (tertiary/aromatic N) is 4. The summed E-state index contributed by atoms with van der Waals surface area (Å²) in [5.74, 6) is -4.32. The van der Waals surface area contributed by atoms with Gasteiger partial charge >= 0.3 is 11.9 Å². The van der Waals surface area contributed by atoms with Gasteiger partial charge in [0.25, 0.3) is 11.8 Å². The number of nitrogens with one attached hydrogen (secondary N) is 4. The van der Waals surface area contributed by atoms with Gasteiger partial charge in [-0.3, -0.25) is 58.3 Å². The third kappa shape index (κ3) is 16.8. The highest BCUT2D eigenvalue weighted by Gasteiger charge is 2.36. The van der Waals surface area contributed by atoms with Gasteiger partial charge in [0.2, 0.25) is 11.8 Å². The van der Waals surface area contributed by atoms with Crippen LogP contribution < -0.4 is 21.5 Å². The quantitative estimate of drug-likeness (QED) is 0.0725. The molecule has 0 radical (unpaired) electrons. The second kappa shape index (κ2) is 28.8. The smallest absolute Gasteiger partial charge is 0.325 e. The van der Waals surface area contributed by atoms with Gasteiger partial charge in [0, 0.05) is 72.8 Å². The Balaban J connectivity index is 0.000000261. The van der Waals surface area contributed by atoms with Crippen LogP contribution in [0, 0.1) is 35.5 Å². The normalized spacial score (nSPS) is 23.2. The average Bonchev–Trinajstić information content (AvgIpc) is 3.46. The summed E-state index contributed by atoms with van der Waals surface area (Å²) in [7, 11) is 0. The zero-order chi connectivity index (χ0) is 59.2. The lowest BCUT2D eigenvalue weighted by Crippen LogP contribution is -2.59. The molecule has 0 spiro atoms. The fourth-order valence-corrected chi connectivity index (χ4v) is 9.99. The number of rotatable bonds is 13. The molecule has 4 amide bonds. The highest BCUT2D eigenvalue weighted by molar-refractivity contribution is 5.94. The van der Waals surface area contributed by atoms with Gasteiger partial charge in [0.05, 0.1) is 11.4 Å². The molecule has 0 saturated carbocycles. The van der Waals surface area contributed by atoms with Crippen LogP contribution in [0.4, 0.5) is 0 Å². The van der Waals surface area contributed by atoms with Crippen LogP contribution in [0.25, 0.3) is 33.7 Å². The Labute approximate surface area is 476 Å². The van der Waals surface area contributed by atoms with Crippen molar-refractivity contribution >= 4 is 80.8 Å². The van der Waals surface area contributed by atoms with Gasteiger partial charge < -0.3 is 20.1 Å². The minimum atomic E-state index is -0.837. The van der Waals surface area contributed by atoms with Crippen molar-refractivity contribution in [2.45, 2.75) is 151 Å². The van der Waals surface area contributed by atoms with Gasteiger partial charge in [-0.05, 0) is 130 Å².